The van der Waals surface area contributed by atoms with E-state index >= 15 is 0 Å². The number of hydrogen-bond donors (Lipinski definition) is 2. The smallest absolute Gasteiger partial charge is 0.309 e. The molecule has 4 saturated carbocycles. The van der Waals surface area contributed by atoms with Crippen LogP contribution in [0.2, 0.25) is 5.02 Å². The Kier molecular flexibility index (Phi) is 12.2. The SMILES string of the molecule is CC(C)C1=C2[C@H]3CC[C@@H]4[C@@]5(C)CC[C@@H](OC(=O)CC(C)(C)C(=O)O)C(C)(C)[C@@H]5CC[C@@]4(C)[C@]3(C)CC[C@@]2([C@@H](O)CN(CCN(C)C)Cc2ccc(Cl)cc2)CC1=O. The molecule has 0 aromatic heterocycles. The standard InChI is InChI=1S/C48H73ClN2O6/c1-30(2)40-34(52)26-48(37(53)29-51(25-24-50(10)11)28-31-12-14-32(49)15-13-31)23-22-46(8)33(41(40)48)16-17-36-45(7)20-19-38(57-39(54)27-43(3,4)42(55)56)44(5,6)35(45)18-21-47(36,46)9/h12-15,30,33,35-38,53H,16-29H2,1-11H3,(H,55,56)/t33-,35+,36-,37+,38-,45+,46-,47-,48+/m1/s1. The molecule has 0 saturated heterocycles. The van der Waals surface area contributed by atoms with E-state index < -0.39 is 28.9 Å². The number of halogens is 1. The number of benzene rings is 1. The van der Waals surface area contributed by atoms with E-state index in [0.717, 1.165) is 75.6 Å². The number of nitrogens with zero attached hydrogens (tertiary/aromatic N) is 2. The number of allylic oxidation sites excluding steroid dienone is 1. The van der Waals surface area contributed by atoms with Crippen LogP contribution < -0.4 is 0 Å². The van der Waals surface area contributed by atoms with E-state index in [1.165, 1.54) is 5.57 Å². The van der Waals surface area contributed by atoms with Crippen LogP contribution in [-0.4, -0.2) is 83.7 Å². The van der Waals surface area contributed by atoms with Crippen LogP contribution in [0.3, 0.4) is 0 Å². The van der Waals surface area contributed by atoms with E-state index in [9.17, 15) is 24.6 Å². The van der Waals surface area contributed by atoms with Crippen molar-refractivity contribution in [1.29, 1.82) is 0 Å². The van der Waals surface area contributed by atoms with E-state index in [1.807, 2.05) is 12.1 Å². The summed E-state index contributed by atoms with van der Waals surface area (Å²) in [6.07, 6.45) is 7.13. The van der Waals surface area contributed by atoms with E-state index in [2.05, 4.69) is 84.5 Å². The van der Waals surface area contributed by atoms with Crippen molar-refractivity contribution < 1.29 is 29.3 Å². The Morgan fingerprint density at radius 1 is 0.912 bits per heavy atom. The van der Waals surface area contributed by atoms with E-state index in [4.69, 9.17) is 16.3 Å². The molecule has 9 heteroatoms. The van der Waals surface area contributed by atoms with Crippen molar-refractivity contribution in [2.24, 2.45) is 56.2 Å². The number of aliphatic hydroxyl groups is 1. The minimum Gasteiger partial charge on any atom is -0.481 e. The molecule has 2 N–H and O–H groups in total. The summed E-state index contributed by atoms with van der Waals surface area (Å²) in [5.41, 5.74) is 1.54. The Morgan fingerprint density at radius 3 is 2.19 bits per heavy atom. The second-order valence-corrected chi connectivity index (χ2v) is 22.2. The lowest BCUT2D eigenvalue weighted by Crippen LogP contribution is -2.66. The molecule has 0 aliphatic heterocycles. The third kappa shape index (κ3) is 7.58. The quantitative estimate of drug-likeness (QED) is 0.190. The minimum absolute atomic E-state index is 0.0308. The van der Waals surface area contributed by atoms with Crippen LogP contribution in [-0.2, 0) is 25.7 Å². The van der Waals surface area contributed by atoms with Gasteiger partial charge >= 0.3 is 11.9 Å². The van der Waals surface area contributed by atoms with Gasteiger partial charge in [0.1, 0.15) is 6.10 Å². The number of ketones is 1. The van der Waals surface area contributed by atoms with Gasteiger partial charge in [0, 0.05) is 48.5 Å². The maximum absolute atomic E-state index is 14.3. The second kappa shape index (κ2) is 15.6. The van der Waals surface area contributed by atoms with Crippen LogP contribution in [0.15, 0.2) is 35.4 Å². The molecule has 0 heterocycles. The lowest BCUT2D eigenvalue weighted by atomic mass is 9.33. The Balaban J connectivity index is 1.29. The molecule has 318 valence electrons. The van der Waals surface area contributed by atoms with Gasteiger partial charge in [-0.3, -0.25) is 19.3 Å². The Bertz CT molecular complexity index is 1740. The van der Waals surface area contributed by atoms with Gasteiger partial charge in [-0.05, 0) is 142 Å². The Hall–Kier alpha value is -2.26. The van der Waals surface area contributed by atoms with E-state index in [0.29, 0.717) is 36.4 Å². The highest BCUT2D eigenvalue weighted by atomic mass is 35.5. The van der Waals surface area contributed by atoms with Gasteiger partial charge in [0.05, 0.1) is 17.9 Å². The number of likely N-dealkylation sites (N-methyl/N-ethyl adjacent to an activating group) is 1. The lowest BCUT2D eigenvalue weighted by Gasteiger charge is -2.72. The average molecular weight is 810 g/mol. The van der Waals surface area contributed by atoms with Gasteiger partial charge in [-0.15, -0.1) is 0 Å². The van der Waals surface area contributed by atoms with Gasteiger partial charge in [0.2, 0.25) is 0 Å². The van der Waals surface area contributed by atoms with Crippen molar-refractivity contribution >= 4 is 29.3 Å². The molecule has 0 unspecified atom stereocenters. The fourth-order valence-electron chi connectivity index (χ4n) is 13.8. The number of Topliss-reactive ketones (excluding diaryl/α,β-unsaturated/α-hetero) is 1. The molecule has 1 aromatic carbocycles. The first-order valence-electron chi connectivity index (χ1n) is 21.9. The summed E-state index contributed by atoms with van der Waals surface area (Å²) in [7, 11) is 4.17. The molecule has 57 heavy (non-hydrogen) atoms. The van der Waals surface area contributed by atoms with Gasteiger partial charge < -0.3 is 19.8 Å². The molecular weight excluding hydrogens is 736 g/mol. The maximum Gasteiger partial charge on any atom is 0.309 e. The molecule has 4 fully saturated rings. The summed E-state index contributed by atoms with van der Waals surface area (Å²) in [5, 5.41) is 23.0. The van der Waals surface area contributed by atoms with Crippen molar-refractivity contribution in [3.63, 3.8) is 0 Å². The summed E-state index contributed by atoms with van der Waals surface area (Å²) in [6, 6.07) is 8.00. The molecule has 0 amide bonds. The number of carbonyl (C=O) groups is 3. The topological polar surface area (TPSA) is 107 Å². The zero-order valence-electron chi connectivity index (χ0n) is 37.0. The van der Waals surface area contributed by atoms with Crippen LogP contribution in [0.4, 0.5) is 0 Å². The highest BCUT2D eigenvalue weighted by Gasteiger charge is 2.71. The number of fused-ring (bicyclic) bond motifs is 7. The minimum atomic E-state index is -1.17. The van der Waals surface area contributed by atoms with Crippen LogP contribution in [0.5, 0.6) is 0 Å². The van der Waals surface area contributed by atoms with Gasteiger partial charge in [-0.2, -0.15) is 0 Å². The molecule has 5 aliphatic carbocycles. The van der Waals surface area contributed by atoms with Crippen molar-refractivity contribution in [1.82, 2.24) is 9.80 Å². The Morgan fingerprint density at radius 2 is 1.58 bits per heavy atom. The predicted molar refractivity (Wildman–Crippen MR) is 227 cm³/mol. The first-order valence-corrected chi connectivity index (χ1v) is 22.3. The van der Waals surface area contributed by atoms with Crippen molar-refractivity contribution in [2.45, 2.75) is 145 Å². The molecule has 6 rings (SSSR count). The first kappa shape index (κ1) is 44.3. The van der Waals surface area contributed by atoms with Crippen LogP contribution >= 0.6 is 11.6 Å². The number of carboxylic acid groups (broad SMARTS) is 1. The Labute approximate surface area is 348 Å². The number of hydrogen-bond acceptors (Lipinski definition) is 7. The summed E-state index contributed by atoms with van der Waals surface area (Å²) < 4.78 is 6.20. The third-order valence-electron chi connectivity index (χ3n) is 17.1. The molecule has 5 aliphatic rings. The summed E-state index contributed by atoms with van der Waals surface area (Å²) in [5.74, 6) is 0.00261. The molecule has 0 spiro atoms. The average Bonchev–Trinajstić information content (AvgIpc) is 3.42. The van der Waals surface area contributed by atoms with Gasteiger partial charge in [0.15, 0.2) is 5.78 Å². The lowest BCUT2D eigenvalue weighted by molar-refractivity contribution is -0.235. The van der Waals surface area contributed by atoms with Crippen molar-refractivity contribution in [2.75, 3.05) is 33.7 Å². The van der Waals surface area contributed by atoms with Crippen LogP contribution in [0.1, 0.15) is 132 Å². The third-order valence-corrected chi connectivity index (χ3v) is 17.4. The second-order valence-electron chi connectivity index (χ2n) is 21.7. The number of carboxylic acids is 1. The normalized spacial score (nSPS) is 35.5. The highest BCUT2D eigenvalue weighted by molar-refractivity contribution is 6.30. The van der Waals surface area contributed by atoms with E-state index in [-0.39, 0.29) is 51.8 Å². The van der Waals surface area contributed by atoms with Gasteiger partial charge in [-0.1, -0.05) is 77.8 Å². The number of rotatable bonds is 13. The fraction of sp³-hybridized carbons (Fsp3) is 0.771. The summed E-state index contributed by atoms with van der Waals surface area (Å²) in [6.45, 7) is 22.6. The number of carbonyl (C=O) groups excluding carboxylic acids is 2. The number of aliphatic carboxylic acids is 1. The van der Waals surface area contributed by atoms with Crippen molar-refractivity contribution in [3.05, 3.63) is 46.0 Å². The number of ether oxygens (including phenoxy) is 1. The zero-order chi connectivity index (χ0) is 42.1. The number of esters is 1. The van der Waals surface area contributed by atoms with E-state index in [1.54, 1.807) is 13.8 Å². The molecule has 8 nitrogen and oxygen atoms in total. The molecule has 9 atom stereocenters. The molecule has 0 radical (unpaired) electrons. The molecule has 1 aromatic rings. The molecule has 0 bridgehead atoms. The van der Waals surface area contributed by atoms with Crippen molar-refractivity contribution in [3.8, 4) is 0 Å². The largest absolute Gasteiger partial charge is 0.481 e. The first-order chi connectivity index (χ1) is 26.4. The van der Waals surface area contributed by atoms with Gasteiger partial charge in [-0.25, -0.2) is 0 Å². The fourth-order valence-corrected chi connectivity index (χ4v) is 13.9. The molecular formula is C48H73ClN2O6. The zero-order valence-corrected chi connectivity index (χ0v) is 37.7. The van der Waals surface area contributed by atoms with Crippen LogP contribution in [0.25, 0.3) is 0 Å². The predicted octanol–water partition coefficient (Wildman–Crippen LogP) is 9.46. The monoisotopic (exact) mass is 809 g/mol. The van der Waals surface area contributed by atoms with Gasteiger partial charge in [0.25, 0.3) is 0 Å². The maximum atomic E-state index is 14.3. The summed E-state index contributed by atoms with van der Waals surface area (Å²) in [4.78, 5) is 43.8. The summed E-state index contributed by atoms with van der Waals surface area (Å²) >= 11 is 6.24. The van der Waals surface area contributed by atoms with Crippen LogP contribution in [0, 0.1) is 56.2 Å². The number of aliphatic hydroxyl groups excluding tert-OH is 1. The highest BCUT2D eigenvalue weighted by Crippen LogP contribution is 2.77.